The van der Waals surface area contributed by atoms with Gasteiger partial charge in [0.25, 0.3) is 0 Å². The minimum Gasteiger partial charge on any atom is -0.368 e. The van der Waals surface area contributed by atoms with Crippen LogP contribution in [0.15, 0.2) is 53.6 Å². The summed E-state index contributed by atoms with van der Waals surface area (Å²) >= 11 is 0. The number of pyridine rings is 1. The van der Waals surface area contributed by atoms with Gasteiger partial charge in [0, 0.05) is 23.7 Å². The highest BCUT2D eigenvalue weighted by Crippen LogP contribution is 2.43. The monoisotopic (exact) mass is 431 g/mol. The maximum absolute atomic E-state index is 14.2. The number of nitrogens with zero attached hydrogens (tertiary/aromatic N) is 3. The van der Waals surface area contributed by atoms with Gasteiger partial charge in [-0.1, -0.05) is 6.42 Å². The summed E-state index contributed by atoms with van der Waals surface area (Å²) in [7, 11) is -3.97. The Kier molecular flexibility index (Phi) is 5.20. The van der Waals surface area contributed by atoms with Crippen molar-refractivity contribution >= 4 is 15.8 Å². The average molecular weight is 431 g/mol. The third-order valence-corrected chi connectivity index (χ3v) is 6.30. The molecule has 0 saturated heterocycles. The van der Waals surface area contributed by atoms with Crippen molar-refractivity contribution in [1.29, 1.82) is 0 Å². The first-order chi connectivity index (χ1) is 14.3. The molecule has 4 rings (SSSR count). The lowest BCUT2D eigenvalue weighted by molar-refractivity contribution is 0.243. The molecule has 1 aromatic carbocycles. The van der Waals surface area contributed by atoms with E-state index in [0.717, 1.165) is 37.5 Å². The highest BCUT2D eigenvalue weighted by atomic mass is 32.2. The molecule has 0 aliphatic heterocycles. The Hall–Kier alpha value is -2.98. The molecule has 1 fully saturated rings. The molecule has 1 aliphatic carbocycles. The van der Waals surface area contributed by atoms with Gasteiger partial charge < -0.3 is 5.32 Å². The van der Waals surface area contributed by atoms with Gasteiger partial charge in [-0.3, -0.25) is 4.98 Å². The van der Waals surface area contributed by atoms with Crippen molar-refractivity contribution in [2.75, 3.05) is 11.9 Å². The zero-order valence-corrected chi connectivity index (χ0v) is 16.7. The van der Waals surface area contributed by atoms with Gasteiger partial charge in [0.15, 0.2) is 0 Å². The van der Waals surface area contributed by atoms with E-state index in [9.17, 15) is 17.2 Å². The molecule has 3 N–H and O–H groups in total. The number of aromatic nitrogens is 3. The number of sulfonamides is 1. The summed E-state index contributed by atoms with van der Waals surface area (Å²) < 4.78 is 51.4. The Bertz CT molecular complexity index is 1180. The molecule has 30 heavy (non-hydrogen) atoms. The van der Waals surface area contributed by atoms with E-state index in [4.69, 9.17) is 5.14 Å². The zero-order valence-electron chi connectivity index (χ0n) is 15.8. The molecule has 156 valence electrons. The summed E-state index contributed by atoms with van der Waals surface area (Å²) in [5.74, 6) is -0.536. The van der Waals surface area contributed by atoms with E-state index in [0.29, 0.717) is 18.1 Å². The first kappa shape index (κ1) is 20.3. The summed E-state index contributed by atoms with van der Waals surface area (Å²) in [5, 5.41) is 16.3. The molecular formula is C20H19F2N5O2S. The Balaban J connectivity index is 1.53. The van der Waals surface area contributed by atoms with E-state index in [2.05, 4.69) is 20.5 Å². The number of benzene rings is 1. The molecule has 3 aromatic rings. The van der Waals surface area contributed by atoms with Gasteiger partial charge in [0.2, 0.25) is 10.0 Å². The minimum atomic E-state index is -3.97. The molecule has 0 unspecified atom stereocenters. The lowest BCUT2D eigenvalue weighted by Crippen LogP contribution is -2.42. The van der Waals surface area contributed by atoms with Gasteiger partial charge in [-0.15, -0.1) is 10.2 Å². The predicted molar refractivity (Wildman–Crippen MR) is 107 cm³/mol. The van der Waals surface area contributed by atoms with E-state index < -0.39 is 21.3 Å². The second kappa shape index (κ2) is 7.69. The van der Waals surface area contributed by atoms with Crippen LogP contribution in [0.1, 0.15) is 25.0 Å². The number of nitrogens with two attached hydrogens (primary N) is 1. The number of nitrogens with one attached hydrogen (secondary N) is 1. The van der Waals surface area contributed by atoms with Crippen molar-refractivity contribution < 1.29 is 17.2 Å². The lowest BCUT2D eigenvalue weighted by Gasteiger charge is -2.41. The lowest BCUT2D eigenvalue weighted by atomic mass is 9.66. The second-order valence-electron chi connectivity index (χ2n) is 7.31. The first-order valence-corrected chi connectivity index (χ1v) is 10.8. The molecule has 1 saturated carbocycles. The fourth-order valence-electron chi connectivity index (χ4n) is 3.58. The number of halogens is 2. The average Bonchev–Trinajstić information content (AvgIpc) is 2.68. The van der Waals surface area contributed by atoms with E-state index in [-0.39, 0.29) is 22.0 Å². The molecule has 0 amide bonds. The van der Waals surface area contributed by atoms with Gasteiger partial charge in [-0.05, 0) is 55.3 Å². The van der Waals surface area contributed by atoms with E-state index in [1.54, 1.807) is 18.3 Å². The van der Waals surface area contributed by atoms with Gasteiger partial charge in [0.1, 0.15) is 17.5 Å². The van der Waals surface area contributed by atoms with Crippen molar-refractivity contribution in [3.8, 4) is 11.3 Å². The summed E-state index contributed by atoms with van der Waals surface area (Å²) in [5.41, 5.74) is 0.182. The van der Waals surface area contributed by atoms with E-state index in [1.807, 2.05) is 0 Å². The summed E-state index contributed by atoms with van der Waals surface area (Å²) in [6.07, 6.45) is 4.19. The number of hydrogen-bond acceptors (Lipinski definition) is 6. The van der Waals surface area contributed by atoms with Crippen molar-refractivity contribution in [1.82, 2.24) is 15.2 Å². The van der Waals surface area contributed by atoms with E-state index in [1.165, 1.54) is 12.1 Å². The topological polar surface area (TPSA) is 111 Å². The van der Waals surface area contributed by atoms with Crippen LogP contribution in [0.3, 0.4) is 0 Å². The zero-order chi connectivity index (χ0) is 21.4. The Labute approximate surface area is 172 Å². The van der Waals surface area contributed by atoms with Crippen LogP contribution in [0.25, 0.3) is 11.3 Å². The van der Waals surface area contributed by atoms with Crippen LogP contribution < -0.4 is 10.5 Å². The molecule has 2 aromatic heterocycles. The molecule has 0 radical (unpaired) electrons. The summed E-state index contributed by atoms with van der Waals surface area (Å²) in [6, 6.07) is 9.32. The molecule has 0 atom stereocenters. The molecule has 10 heteroatoms. The fraction of sp³-hybridized carbons (Fsp3) is 0.250. The largest absolute Gasteiger partial charge is 0.368 e. The van der Waals surface area contributed by atoms with Gasteiger partial charge in [0.05, 0.1) is 16.3 Å². The quantitative estimate of drug-likeness (QED) is 0.621. The highest BCUT2D eigenvalue weighted by Gasteiger charge is 2.41. The smallest absolute Gasteiger partial charge is 0.238 e. The molecule has 1 aliphatic rings. The number of rotatable bonds is 6. The predicted octanol–water partition coefficient (Wildman–Crippen LogP) is 3.00. The van der Waals surface area contributed by atoms with Crippen LogP contribution in [-0.4, -0.2) is 30.1 Å². The summed E-state index contributed by atoms with van der Waals surface area (Å²) in [4.78, 5) is 4.01. The Morgan fingerprint density at radius 3 is 2.47 bits per heavy atom. The molecular weight excluding hydrogens is 412 g/mol. The highest BCUT2D eigenvalue weighted by molar-refractivity contribution is 7.89. The Morgan fingerprint density at radius 1 is 1.07 bits per heavy atom. The normalized spacial score (nSPS) is 15.4. The van der Waals surface area contributed by atoms with Crippen LogP contribution in [0.4, 0.5) is 14.6 Å². The SMILES string of the molecule is NS(=O)(=O)c1ccc(F)c(-c2ccc(NCC3(c4ncccc4F)CCC3)nn2)c1. The van der Waals surface area contributed by atoms with Crippen molar-refractivity contribution in [2.45, 2.75) is 29.6 Å². The van der Waals surface area contributed by atoms with Crippen LogP contribution >= 0.6 is 0 Å². The van der Waals surface area contributed by atoms with Crippen LogP contribution in [0, 0.1) is 11.6 Å². The number of hydrogen-bond donors (Lipinski definition) is 2. The van der Waals surface area contributed by atoms with Crippen molar-refractivity contribution in [3.63, 3.8) is 0 Å². The number of anilines is 1. The maximum Gasteiger partial charge on any atom is 0.238 e. The van der Waals surface area contributed by atoms with Gasteiger partial charge in [-0.2, -0.15) is 0 Å². The first-order valence-electron chi connectivity index (χ1n) is 9.30. The molecule has 0 bridgehead atoms. The summed E-state index contributed by atoms with van der Waals surface area (Å²) in [6.45, 7) is 0.435. The van der Waals surface area contributed by atoms with E-state index >= 15 is 0 Å². The third-order valence-electron chi connectivity index (χ3n) is 5.39. The van der Waals surface area contributed by atoms with Gasteiger partial charge >= 0.3 is 0 Å². The second-order valence-corrected chi connectivity index (χ2v) is 8.87. The van der Waals surface area contributed by atoms with Gasteiger partial charge in [-0.25, -0.2) is 22.3 Å². The standard InChI is InChI=1S/C20H19F2N5O2S/c21-15-5-4-13(30(23,28)29)11-14(15)17-6-7-18(27-26-17)25-12-20(8-2-9-20)19-16(22)3-1-10-24-19/h1,3-7,10-11H,2,8-9,12H2,(H,25,27)(H2,23,28,29). The Morgan fingerprint density at radius 2 is 1.87 bits per heavy atom. The maximum atomic E-state index is 14.2. The van der Waals surface area contributed by atoms with Crippen LogP contribution in [0.5, 0.6) is 0 Å². The van der Waals surface area contributed by atoms with Crippen LogP contribution in [-0.2, 0) is 15.4 Å². The fourth-order valence-corrected chi connectivity index (χ4v) is 4.12. The number of primary sulfonamides is 1. The molecule has 7 nitrogen and oxygen atoms in total. The van der Waals surface area contributed by atoms with Crippen LogP contribution in [0.2, 0.25) is 0 Å². The third kappa shape index (κ3) is 3.88. The molecule has 0 spiro atoms. The minimum absolute atomic E-state index is 0.0217. The molecule has 2 heterocycles. The van der Waals surface area contributed by atoms with Crippen molar-refractivity contribution in [3.05, 3.63) is 66.0 Å². The van der Waals surface area contributed by atoms with Crippen molar-refractivity contribution in [2.24, 2.45) is 5.14 Å².